The molecule has 2 nitrogen and oxygen atoms in total. The lowest BCUT2D eigenvalue weighted by molar-refractivity contribution is 0.0629. The first-order valence-electron chi connectivity index (χ1n) is 3.00. The van der Waals surface area contributed by atoms with Crippen LogP contribution in [0.2, 0.25) is 0 Å². The van der Waals surface area contributed by atoms with Crippen LogP contribution in [0.5, 0.6) is 0 Å². The Morgan fingerprint density at radius 1 is 1.44 bits per heavy atom. The van der Waals surface area contributed by atoms with E-state index in [-0.39, 0.29) is 23.1 Å². The monoisotopic (exact) mass is 160 g/mol. The van der Waals surface area contributed by atoms with E-state index in [1.807, 2.05) is 0 Å². The summed E-state index contributed by atoms with van der Waals surface area (Å²) < 4.78 is 15.4. The Morgan fingerprint density at radius 2 is 2.22 bits per heavy atom. The van der Waals surface area contributed by atoms with Gasteiger partial charge in [-0.1, -0.05) is 0 Å². The molecule has 0 bridgehead atoms. The third-order valence-corrected chi connectivity index (χ3v) is 2.20. The van der Waals surface area contributed by atoms with Gasteiger partial charge in [0.1, 0.15) is 0 Å². The van der Waals surface area contributed by atoms with E-state index in [1.165, 1.54) is 6.42 Å². The van der Waals surface area contributed by atoms with Crippen LogP contribution in [0, 0.1) is 0 Å². The highest BCUT2D eigenvalue weighted by atomic mass is 28.2. The smallest absolute Gasteiger partial charge is 0.291 e. The summed E-state index contributed by atoms with van der Waals surface area (Å²) >= 11 is 0. The fourth-order valence-electron chi connectivity index (χ4n) is 0.873. The van der Waals surface area contributed by atoms with Crippen LogP contribution in [-0.2, 0) is 9.20 Å². The van der Waals surface area contributed by atoms with Crippen LogP contribution >= 0.6 is 0 Å². The largest absolute Gasteiger partial charge is 0.389 e. The van der Waals surface area contributed by atoms with Gasteiger partial charge in [0.2, 0.25) is 0 Å². The van der Waals surface area contributed by atoms with Crippen molar-refractivity contribution in [2.75, 3.05) is 6.61 Å². The molecular weight excluding hydrogens is 147 g/mol. The normalized spacial score (nSPS) is 26.4. The molecule has 0 saturated carbocycles. The molecule has 1 aliphatic heterocycles. The fourth-order valence-corrected chi connectivity index (χ4v) is 1.46. The maximum Gasteiger partial charge on any atom is 0.291 e. The first-order chi connectivity index (χ1) is 3.93. The van der Waals surface area contributed by atoms with Crippen molar-refractivity contribution in [1.29, 1.82) is 0 Å². The number of rotatable bonds is 1. The quantitative estimate of drug-likeness (QED) is 0.465. The predicted octanol–water partition coefficient (Wildman–Crippen LogP) is -0.889. The Balaban J connectivity index is 0.000000640. The molecular formula is C5H13AlO2Si. The molecule has 1 rings (SSSR count). The van der Waals surface area contributed by atoms with E-state index >= 15 is 0 Å². The predicted molar refractivity (Wildman–Crippen MR) is 41.4 cm³/mol. The zero-order valence-electron chi connectivity index (χ0n) is 4.80. The van der Waals surface area contributed by atoms with Crippen LogP contribution in [0.25, 0.3) is 0 Å². The molecule has 0 amide bonds. The van der Waals surface area contributed by atoms with E-state index in [2.05, 4.69) is 0 Å². The molecule has 1 saturated heterocycles. The molecule has 52 valence electrons. The van der Waals surface area contributed by atoms with Crippen molar-refractivity contribution in [3.05, 3.63) is 0 Å². The molecule has 0 N–H and O–H groups in total. The third-order valence-electron chi connectivity index (χ3n) is 1.37. The molecule has 0 aromatic rings. The summed E-state index contributed by atoms with van der Waals surface area (Å²) in [5.74, 6) is 0. The molecule has 1 aliphatic rings. The molecule has 0 aromatic heterocycles. The van der Waals surface area contributed by atoms with Crippen LogP contribution < -0.4 is 0 Å². The van der Waals surface area contributed by atoms with Gasteiger partial charge in [-0.05, 0) is 19.3 Å². The van der Waals surface area contributed by atoms with Crippen molar-refractivity contribution in [3.8, 4) is 0 Å². The van der Waals surface area contributed by atoms with Gasteiger partial charge in [0, 0.05) is 6.61 Å². The van der Waals surface area contributed by atoms with Gasteiger partial charge in [-0.2, -0.15) is 0 Å². The molecule has 0 spiro atoms. The number of ether oxygens (including phenoxy) is 1. The number of hydrogen-bond acceptors (Lipinski definition) is 2. The van der Waals surface area contributed by atoms with E-state index in [1.54, 1.807) is 0 Å². The fraction of sp³-hybridized carbons (Fsp3) is 1.00. The van der Waals surface area contributed by atoms with E-state index < -0.39 is 9.41 Å². The van der Waals surface area contributed by atoms with E-state index in [0.29, 0.717) is 0 Å². The van der Waals surface area contributed by atoms with Gasteiger partial charge in [-0.3, -0.25) is 0 Å². The van der Waals surface area contributed by atoms with E-state index in [0.717, 1.165) is 19.4 Å². The first kappa shape index (κ1) is 9.51. The van der Waals surface area contributed by atoms with Crippen molar-refractivity contribution >= 4 is 26.8 Å². The van der Waals surface area contributed by atoms with Crippen molar-refractivity contribution in [3.63, 3.8) is 0 Å². The number of hydrogen-bond donors (Lipinski definition) is 0. The van der Waals surface area contributed by atoms with Crippen LogP contribution in [0.15, 0.2) is 0 Å². The highest BCUT2D eigenvalue weighted by molar-refractivity contribution is 6.19. The van der Waals surface area contributed by atoms with E-state index in [9.17, 15) is 4.46 Å². The summed E-state index contributed by atoms with van der Waals surface area (Å²) in [5.41, 5.74) is 0.115. The molecule has 1 heterocycles. The Kier molecular flexibility index (Phi) is 5.61. The Bertz CT molecular complexity index is 83.0. The zero-order valence-corrected chi connectivity index (χ0v) is 5.95. The molecule has 9 heavy (non-hydrogen) atoms. The van der Waals surface area contributed by atoms with Crippen LogP contribution in [0.3, 0.4) is 0 Å². The van der Waals surface area contributed by atoms with Crippen molar-refractivity contribution < 1.29 is 9.20 Å². The van der Waals surface area contributed by atoms with Gasteiger partial charge >= 0.3 is 0 Å². The standard InChI is InChI=1S/C5H10O2Si.Al.3H/c6-8-5-3-1-2-4-7-5;;;;/h5,8H,1-4H2;;;;. The Labute approximate surface area is 68.0 Å². The van der Waals surface area contributed by atoms with Crippen LogP contribution in [-0.4, -0.2) is 39.1 Å². The summed E-state index contributed by atoms with van der Waals surface area (Å²) in [7, 11) is -0.685. The van der Waals surface area contributed by atoms with Gasteiger partial charge in [-0.25, -0.2) is 0 Å². The topological polar surface area (TPSA) is 26.3 Å². The molecule has 1 unspecified atom stereocenters. The van der Waals surface area contributed by atoms with Gasteiger partial charge in [0.25, 0.3) is 9.41 Å². The van der Waals surface area contributed by atoms with Crippen LogP contribution in [0.4, 0.5) is 0 Å². The van der Waals surface area contributed by atoms with Gasteiger partial charge in [-0.15, -0.1) is 0 Å². The Morgan fingerprint density at radius 3 is 2.56 bits per heavy atom. The minimum atomic E-state index is -0.685. The second kappa shape index (κ2) is 5.31. The molecule has 0 aliphatic carbocycles. The van der Waals surface area contributed by atoms with Crippen molar-refractivity contribution in [1.82, 2.24) is 0 Å². The average molecular weight is 160 g/mol. The SMILES string of the molecule is O=[SiH]C1CCCCO1.[AlH3]. The van der Waals surface area contributed by atoms with Crippen molar-refractivity contribution in [2.24, 2.45) is 0 Å². The molecule has 0 radical (unpaired) electrons. The molecule has 0 aromatic carbocycles. The molecule has 4 heteroatoms. The van der Waals surface area contributed by atoms with Crippen LogP contribution in [0.1, 0.15) is 19.3 Å². The maximum atomic E-state index is 10.2. The third kappa shape index (κ3) is 3.26. The van der Waals surface area contributed by atoms with Crippen molar-refractivity contribution in [2.45, 2.75) is 25.0 Å². The second-order valence-electron chi connectivity index (χ2n) is 2.04. The average Bonchev–Trinajstić information content (AvgIpc) is 1.90. The zero-order chi connectivity index (χ0) is 5.82. The lowest BCUT2D eigenvalue weighted by Crippen LogP contribution is -2.20. The van der Waals surface area contributed by atoms with Gasteiger partial charge < -0.3 is 9.20 Å². The van der Waals surface area contributed by atoms with Gasteiger partial charge in [0.15, 0.2) is 17.4 Å². The summed E-state index contributed by atoms with van der Waals surface area (Å²) in [4.78, 5) is 0. The first-order valence-corrected chi connectivity index (χ1v) is 4.14. The summed E-state index contributed by atoms with van der Waals surface area (Å²) in [6, 6.07) is 0. The highest BCUT2D eigenvalue weighted by Crippen LogP contribution is 2.09. The maximum absolute atomic E-state index is 10.2. The molecule has 1 atom stereocenters. The second-order valence-corrected chi connectivity index (χ2v) is 3.06. The Hall–Kier alpha value is 0.509. The summed E-state index contributed by atoms with van der Waals surface area (Å²) in [6.45, 7) is 0.819. The minimum absolute atomic E-state index is 0. The van der Waals surface area contributed by atoms with E-state index in [4.69, 9.17) is 4.74 Å². The van der Waals surface area contributed by atoms with Gasteiger partial charge in [0.05, 0.1) is 5.73 Å². The summed E-state index contributed by atoms with van der Waals surface area (Å²) in [6.07, 6.45) is 3.36. The summed E-state index contributed by atoms with van der Waals surface area (Å²) in [5, 5.41) is 0. The highest BCUT2D eigenvalue weighted by Gasteiger charge is 2.11. The minimum Gasteiger partial charge on any atom is -0.389 e. The lowest BCUT2D eigenvalue weighted by atomic mass is 10.2. The molecule has 1 fully saturated rings. The lowest BCUT2D eigenvalue weighted by Gasteiger charge is -2.15.